The Labute approximate surface area is 101 Å². The van der Waals surface area contributed by atoms with Crippen LogP contribution in [-0.4, -0.2) is 22.7 Å². The van der Waals surface area contributed by atoms with E-state index in [4.69, 9.17) is 5.11 Å². The maximum atomic E-state index is 8.74. The third-order valence-electron chi connectivity index (χ3n) is 3.04. The number of fused-ring (bicyclic) bond motifs is 1. The zero-order valence-corrected chi connectivity index (χ0v) is 10.6. The highest BCUT2D eigenvalue weighted by atomic mass is 32.1. The van der Waals surface area contributed by atoms with Gasteiger partial charge in [-0.25, -0.2) is 4.98 Å². The number of hydrogen-bond donors (Lipinski definition) is 2. The molecule has 1 aliphatic carbocycles. The second kappa shape index (κ2) is 5.75. The molecular weight excluding hydrogens is 220 g/mol. The SMILES string of the molecule is CC(CCCO)NCc1nc2c(s1)CCC2. The van der Waals surface area contributed by atoms with Crippen LogP contribution >= 0.6 is 11.3 Å². The van der Waals surface area contributed by atoms with E-state index in [9.17, 15) is 0 Å². The molecule has 0 saturated carbocycles. The number of thiazole rings is 1. The Morgan fingerprint density at radius 1 is 1.50 bits per heavy atom. The average molecular weight is 240 g/mol. The van der Waals surface area contributed by atoms with E-state index in [1.165, 1.54) is 34.8 Å². The Morgan fingerprint density at radius 2 is 2.38 bits per heavy atom. The van der Waals surface area contributed by atoms with Crippen LogP contribution in [0.4, 0.5) is 0 Å². The van der Waals surface area contributed by atoms with Gasteiger partial charge < -0.3 is 10.4 Å². The fourth-order valence-corrected chi connectivity index (χ4v) is 3.19. The van der Waals surface area contributed by atoms with Gasteiger partial charge in [-0.3, -0.25) is 0 Å². The molecule has 1 heterocycles. The lowest BCUT2D eigenvalue weighted by Gasteiger charge is -2.11. The highest BCUT2D eigenvalue weighted by Crippen LogP contribution is 2.27. The number of rotatable bonds is 6. The Balaban J connectivity index is 1.76. The third-order valence-corrected chi connectivity index (χ3v) is 4.19. The fraction of sp³-hybridized carbons (Fsp3) is 0.750. The van der Waals surface area contributed by atoms with Crippen LogP contribution < -0.4 is 5.32 Å². The summed E-state index contributed by atoms with van der Waals surface area (Å²) in [7, 11) is 0. The molecule has 1 aliphatic rings. The van der Waals surface area contributed by atoms with Gasteiger partial charge in [-0.05, 0) is 39.0 Å². The summed E-state index contributed by atoms with van der Waals surface area (Å²) in [6, 6.07) is 0.464. The minimum atomic E-state index is 0.289. The number of nitrogens with zero attached hydrogens (tertiary/aromatic N) is 1. The highest BCUT2D eigenvalue weighted by molar-refractivity contribution is 7.11. The average Bonchev–Trinajstić information content (AvgIpc) is 2.83. The first-order chi connectivity index (χ1) is 7.79. The summed E-state index contributed by atoms with van der Waals surface area (Å²) in [5.74, 6) is 0. The van der Waals surface area contributed by atoms with E-state index in [1.807, 2.05) is 11.3 Å². The van der Waals surface area contributed by atoms with Crippen molar-refractivity contribution < 1.29 is 5.11 Å². The summed E-state index contributed by atoms with van der Waals surface area (Å²) in [4.78, 5) is 6.15. The zero-order chi connectivity index (χ0) is 11.4. The molecule has 0 aliphatic heterocycles. The topological polar surface area (TPSA) is 45.1 Å². The third kappa shape index (κ3) is 3.03. The van der Waals surface area contributed by atoms with Crippen LogP contribution in [0.3, 0.4) is 0 Å². The maximum Gasteiger partial charge on any atom is 0.107 e. The van der Waals surface area contributed by atoms with E-state index >= 15 is 0 Å². The van der Waals surface area contributed by atoms with E-state index < -0.39 is 0 Å². The summed E-state index contributed by atoms with van der Waals surface area (Å²) < 4.78 is 0. The summed E-state index contributed by atoms with van der Waals surface area (Å²) in [5, 5.41) is 13.4. The first kappa shape index (κ1) is 12.0. The minimum absolute atomic E-state index is 0.289. The number of aliphatic hydroxyl groups is 1. The lowest BCUT2D eigenvalue weighted by molar-refractivity contribution is 0.276. The van der Waals surface area contributed by atoms with Gasteiger partial charge in [0, 0.05) is 24.1 Å². The molecule has 0 aromatic carbocycles. The number of aliphatic hydroxyl groups excluding tert-OH is 1. The second-order valence-electron chi connectivity index (χ2n) is 4.48. The molecule has 0 saturated heterocycles. The van der Waals surface area contributed by atoms with E-state index in [1.54, 1.807) is 0 Å². The lowest BCUT2D eigenvalue weighted by Crippen LogP contribution is -2.25. The van der Waals surface area contributed by atoms with Crippen molar-refractivity contribution in [3.8, 4) is 0 Å². The number of aromatic nitrogens is 1. The van der Waals surface area contributed by atoms with Crippen LogP contribution in [0.25, 0.3) is 0 Å². The van der Waals surface area contributed by atoms with E-state index in [0.29, 0.717) is 6.04 Å². The molecule has 0 radical (unpaired) electrons. The monoisotopic (exact) mass is 240 g/mol. The van der Waals surface area contributed by atoms with Crippen LogP contribution in [0.1, 0.15) is 41.8 Å². The first-order valence-corrected chi connectivity index (χ1v) is 6.93. The molecule has 1 atom stereocenters. The van der Waals surface area contributed by atoms with Crippen molar-refractivity contribution in [2.75, 3.05) is 6.61 Å². The van der Waals surface area contributed by atoms with Gasteiger partial charge in [0.15, 0.2) is 0 Å². The predicted molar refractivity (Wildman–Crippen MR) is 66.8 cm³/mol. The van der Waals surface area contributed by atoms with Crippen LogP contribution in [-0.2, 0) is 19.4 Å². The number of hydrogen-bond acceptors (Lipinski definition) is 4. The quantitative estimate of drug-likeness (QED) is 0.798. The van der Waals surface area contributed by atoms with Crippen LogP contribution in [0.5, 0.6) is 0 Å². The lowest BCUT2D eigenvalue weighted by atomic mass is 10.2. The Morgan fingerprint density at radius 3 is 3.12 bits per heavy atom. The molecule has 0 fully saturated rings. The Kier molecular flexibility index (Phi) is 4.32. The van der Waals surface area contributed by atoms with Gasteiger partial charge in [-0.2, -0.15) is 0 Å². The summed E-state index contributed by atoms with van der Waals surface area (Å²) in [5.41, 5.74) is 1.34. The van der Waals surface area contributed by atoms with Crippen LogP contribution in [0, 0.1) is 0 Å². The summed E-state index contributed by atoms with van der Waals surface area (Å²) in [6.45, 7) is 3.33. The van der Waals surface area contributed by atoms with E-state index in [-0.39, 0.29) is 6.61 Å². The number of nitrogens with one attached hydrogen (secondary N) is 1. The normalized spacial score (nSPS) is 16.4. The molecular formula is C12H20N2OS. The molecule has 3 nitrogen and oxygen atoms in total. The predicted octanol–water partition coefficient (Wildman–Crippen LogP) is 1.88. The molecule has 90 valence electrons. The van der Waals surface area contributed by atoms with Gasteiger partial charge in [-0.15, -0.1) is 11.3 Å². The zero-order valence-electron chi connectivity index (χ0n) is 9.83. The van der Waals surface area contributed by atoms with Crippen LogP contribution in [0.2, 0.25) is 0 Å². The molecule has 16 heavy (non-hydrogen) atoms. The Hall–Kier alpha value is -0.450. The van der Waals surface area contributed by atoms with E-state index in [0.717, 1.165) is 19.4 Å². The summed E-state index contributed by atoms with van der Waals surface area (Å²) >= 11 is 1.86. The van der Waals surface area contributed by atoms with E-state index in [2.05, 4.69) is 17.2 Å². The van der Waals surface area contributed by atoms with Gasteiger partial charge in [0.1, 0.15) is 5.01 Å². The largest absolute Gasteiger partial charge is 0.396 e. The smallest absolute Gasteiger partial charge is 0.107 e. The second-order valence-corrected chi connectivity index (χ2v) is 5.65. The van der Waals surface area contributed by atoms with Gasteiger partial charge in [0.2, 0.25) is 0 Å². The molecule has 1 unspecified atom stereocenters. The first-order valence-electron chi connectivity index (χ1n) is 6.11. The summed E-state index contributed by atoms with van der Waals surface area (Å²) in [6.07, 6.45) is 5.60. The van der Waals surface area contributed by atoms with Gasteiger partial charge in [-0.1, -0.05) is 0 Å². The van der Waals surface area contributed by atoms with Gasteiger partial charge in [0.25, 0.3) is 0 Å². The molecule has 1 aromatic heterocycles. The molecule has 2 rings (SSSR count). The van der Waals surface area contributed by atoms with Crippen molar-refractivity contribution in [3.05, 3.63) is 15.6 Å². The fourth-order valence-electron chi connectivity index (χ4n) is 2.08. The van der Waals surface area contributed by atoms with Crippen molar-refractivity contribution in [1.82, 2.24) is 10.3 Å². The van der Waals surface area contributed by atoms with Crippen LogP contribution in [0.15, 0.2) is 0 Å². The van der Waals surface area contributed by atoms with Crippen molar-refractivity contribution in [1.29, 1.82) is 0 Å². The van der Waals surface area contributed by atoms with Crippen molar-refractivity contribution in [2.24, 2.45) is 0 Å². The Bertz CT molecular complexity index is 316. The van der Waals surface area contributed by atoms with Crippen molar-refractivity contribution in [3.63, 3.8) is 0 Å². The molecule has 0 spiro atoms. The van der Waals surface area contributed by atoms with Gasteiger partial charge in [0.05, 0.1) is 5.69 Å². The molecule has 1 aromatic rings. The van der Waals surface area contributed by atoms with Crippen molar-refractivity contribution in [2.45, 2.75) is 51.6 Å². The molecule has 4 heteroatoms. The standard InChI is InChI=1S/C12H20N2OS/c1-9(4-3-7-15)13-8-12-14-10-5-2-6-11(10)16-12/h9,13,15H,2-8H2,1H3. The van der Waals surface area contributed by atoms with Crippen molar-refractivity contribution >= 4 is 11.3 Å². The molecule has 0 bridgehead atoms. The molecule has 0 amide bonds. The molecule has 2 N–H and O–H groups in total. The minimum Gasteiger partial charge on any atom is -0.396 e. The van der Waals surface area contributed by atoms with Gasteiger partial charge >= 0.3 is 0 Å². The maximum absolute atomic E-state index is 8.74. The number of aryl methyl sites for hydroxylation is 2. The highest BCUT2D eigenvalue weighted by Gasteiger charge is 2.16.